The van der Waals surface area contributed by atoms with Gasteiger partial charge >= 0.3 is 0 Å². The van der Waals surface area contributed by atoms with Crippen LogP contribution in [0, 0.1) is 0 Å². The van der Waals surface area contributed by atoms with Crippen LogP contribution in [0.1, 0.15) is 45.6 Å². The van der Waals surface area contributed by atoms with Crippen molar-refractivity contribution < 1.29 is 4.74 Å². The highest BCUT2D eigenvalue weighted by Crippen LogP contribution is 2.22. The summed E-state index contributed by atoms with van der Waals surface area (Å²) in [5, 5.41) is 0. The minimum absolute atomic E-state index is 0.352. The van der Waals surface area contributed by atoms with Crippen LogP contribution in [0.4, 0.5) is 5.69 Å². The summed E-state index contributed by atoms with van der Waals surface area (Å²) in [6.07, 6.45) is 5.51. The Hall–Kier alpha value is -1.02. The molecule has 0 N–H and O–H groups in total. The molecular weight excluding hydrogens is 234 g/mol. The summed E-state index contributed by atoms with van der Waals surface area (Å²) in [7, 11) is 0. The van der Waals surface area contributed by atoms with Gasteiger partial charge in [-0.1, -0.05) is 25.5 Å². The summed E-state index contributed by atoms with van der Waals surface area (Å²) in [4.78, 5) is 2.48. The Balaban J connectivity index is 1.87. The van der Waals surface area contributed by atoms with Crippen molar-refractivity contribution in [3.05, 3.63) is 29.8 Å². The van der Waals surface area contributed by atoms with Gasteiger partial charge in [0, 0.05) is 18.8 Å². The van der Waals surface area contributed by atoms with E-state index in [-0.39, 0.29) is 0 Å². The molecule has 1 aromatic carbocycles. The van der Waals surface area contributed by atoms with Gasteiger partial charge in [-0.15, -0.1) is 0 Å². The van der Waals surface area contributed by atoms with Crippen LogP contribution in [0.2, 0.25) is 0 Å². The second-order valence-corrected chi connectivity index (χ2v) is 5.79. The van der Waals surface area contributed by atoms with Crippen molar-refractivity contribution in [1.82, 2.24) is 0 Å². The zero-order chi connectivity index (χ0) is 13.7. The molecule has 1 heterocycles. The van der Waals surface area contributed by atoms with Gasteiger partial charge in [-0.05, 0) is 50.8 Å². The quantitative estimate of drug-likeness (QED) is 0.793. The molecule has 2 rings (SSSR count). The van der Waals surface area contributed by atoms with Gasteiger partial charge in [-0.25, -0.2) is 0 Å². The first-order valence-corrected chi connectivity index (χ1v) is 7.68. The zero-order valence-corrected chi connectivity index (χ0v) is 12.6. The van der Waals surface area contributed by atoms with E-state index < -0.39 is 0 Å². The van der Waals surface area contributed by atoms with E-state index in [0.29, 0.717) is 12.2 Å². The molecule has 0 atom stereocenters. The maximum absolute atomic E-state index is 5.90. The molecule has 1 aliphatic heterocycles. The van der Waals surface area contributed by atoms with Crippen molar-refractivity contribution in [2.75, 3.05) is 18.0 Å². The first kappa shape index (κ1) is 14.4. The molecule has 1 saturated heterocycles. The fraction of sp³-hybridized carbons (Fsp3) is 0.647. The molecule has 0 saturated carbocycles. The van der Waals surface area contributed by atoms with Crippen molar-refractivity contribution in [2.45, 2.75) is 58.7 Å². The summed E-state index contributed by atoms with van der Waals surface area (Å²) in [6, 6.07) is 9.09. The predicted octanol–water partition coefficient (Wildman–Crippen LogP) is 4.03. The monoisotopic (exact) mass is 261 g/mol. The van der Waals surface area contributed by atoms with E-state index in [1.54, 1.807) is 0 Å². The van der Waals surface area contributed by atoms with Crippen LogP contribution < -0.4 is 4.90 Å². The maximum atomic E-state index is 5.90. The van der Waals surface area contributed by atoms with Crippen LogP contribution in [0.3, 0.4) is 0 Å². The minimum Gasteiger partial charge on any atom is -0.375 e. The van der Waals surface area contributed by atoms with Gasteiger partial charge < -0.3 is 9.64 Å². The molecule has 2 heteroatoms. The second-order valence-electron chi connectivity index (χ2n) is 5.79. The van der Waals surface area contributed by atoms with E-state index >= 15 is 0 Å². The Morgan fingerprint density at radius 1 is 1.16 bits per heavy atom. The molecular formula is C17H27NO. The van der Waals surface area contributed by atoms with Crippen molar-refractivity contribution in [1.29, 1.82) is 0 Å². The molecule has 0 bridgehead atoms. The molecule has 0 aromatic heterocycles. The summed E-state index contributed by atoms with van der Waals surface area (Å²) < 4.78 is 5.90. The number of hydrogen-bond donors (Lipinski definition) is 0. The lowest BCUT2D eigenvalue weighted by Gasteiger charge is -2.34. The Kier molecular flexibility index (Phi) is 5.26. The molecule has 2 nitrogen and oxygen atoms in total. The standard InChI is InChI=1S/C17H27NO/c1-4-5-15-6-8-16(9-7-15)18-12-10-17(11-13-18)19-14(2)3/h6-9,14,17H,4-5,10-13H2,1-3H3. The normalized spacial score (nSPS) is 17.2. The van der Waals surface area contributed by atoms with Crippen LogP contribution in [-0.2, 0) is 11.2 Å². The van der Waals surface area contributed by atoms with Gasteiger partial charge in [0.2, 0.25) is 0 Å². The number of aryl methyl sites for hydroxylation is 1. The number of rotatable bonds is 5. The number of nitrogens with zero attached hydrogens (tertiary/aromatic N) is 1. The third-order valence-corrected chi connectivity index (χ3v) is 3.75. The number of ether oxygens (including phenoxy) is 1. The fourth-order valence-electron chi connectivity index (χ4n) is 2.80. The highest BCUT2D eigenvalue weighted by Gasteiger charge is 2.20. The largest absolute Gasteiger partial charge is 0.375 e. The lowest BCUT2D eigenvalue weighted by Crippen LogP contribution is -2.37. The first-order chi connectivity index (χ1) is 9.19. The summed E-state index contributed by atoms with van der Waals surface area (Å²) in [5.41, 5.74) is 2.81. The third kappa shape index (κ3) is 4.24. The smallest absolute Gasteiger partial charge is 0.0612 e. The summed E-state index contributed by atoms with van der Waals surface area (Å²) >= 11 is 0. The van der Waals surface area contributed by atoms with Gasteiger partial charge in [0.15, 0.2) is 0 Å². The van der Waals surface area contributed by atoms with E-state index in [9.17, 15) is 0 Å². The topological polar surface area (TPSA) is 12.5 Å². The van der Waals surface area contributed by atoms with Gasteiger partial charge in [0.05, 0.1) is 12.2 Å². The van der Waals surface area contributed by atoms with E-state index in [0.717, 1.165) is 25.9 Å². The van der Waals surface area contributed by atoms with E-state index in [2.05, 4.69) is 49.9 Å². The molecule has 0 unspecified atom stereocenters. The minimum atomic E-state index is 0.352. The number of hydrogen-bond acceptors (Lipinski definition) is 2. The van der Waals surface area contributed by atoms with E-state index in [1.165, 1.54) is 24.1 Å². The maximum Gasteiger partial charge on any atom is 0.0612 e. The zero-order valence-electron chi connectivity index (χ0n) is 12.6. The summed E-state index contributed by atoms with van der Waals surface area (Å²) in [5.74, 6) is 0. The lowest BCUT2D eigenvalue weighted by molar-refractivity contribution is -0.00478. The van der Waals surface area contributed by atoms with Gasteiger partial charge in [-0.3, -0.25) is 0 Å². The molecule has 1 aliphatic rings. The van der Waals surface area contributed by atoms with Crippen LogP contribution in [0.15, 0.2) is 24.3 Å². The van der Waals surface area contributed by atoms with Crippen molar-refractivity contribution in [3.63, 3.8) is 0 Å². The molecule has 19 heavy (non-hydrogen) atoms. The van der Waals surface area contributed by atoms with Crippen molar-refractivity contribution in [2.24, 2.45) is 0 Å². The average molecular weight is 261 g/mol. The van der Waals surface area contributed by atoms with E-state index in [4.69, 9.17) is 4.74 Å². The number of piperidine rings is 1. The van der Waals surface area contributed by atoms with E-state index in [1.807, 2.05) is 0 Å². The Labute approximate surface area is 117 Å². The first-order valence-electron chi connectivity index (χ1n) is 7.68. The Morgan fingerprint density at radius 2 is 1.79 bits per heavy atom. The molecule has 0 spiro atoms. The molecule has 0 amide bonds. The van der Waals surface area contributed by atoms with Crippen LogP contribution >= 0.6 is 0 Å². The van der Waals surface area contributed by atoms with Gasteiger partial charge in [0.1, 0.15) is 0 Å². The predicted molar refractivity (Wildman–Crippen MR) is 81.9 cm³/mol. The molecule has 1 fully saturated rings. The Bertz CT molecular complexity index is 363. The third-order valence-electron chi connectivity index (χ3n) is 3.75. The molecule has 1 aromatic rings. The highest BCUT2D eigenvalue weighted by molar-refractivity contribution is 5.48. The summed E-state index contributed by atoms with van der Waals surface area (Å²) in [6.45, 7) is 8.71. The van der Waals surface area contributed by atoms with Crippen LogP contribution in [0.25, 0.3) is 0 Å². The second kappa shape index (κ2) is 6.95. The SMILES string of the molecule is CCCc1ccc(N2CCC(OC(C)C)CC2)cc1. The lowest BCUT2D eigenvalue weighted by atomic mass is 10.1. The highest BCUT2D eigenvalue weighted by atomic mass is 16.5. The van der Waals surface area contributed by atoms with Gasteiger partial charge in [0.25, 0.3) is 0 Å². The van der Waals surface area contributed by atoms with Crippen LogP contribution in [0.5, 0.6) is 0 Å². The molecule has 106 valence electrons. The van der Waals surface area contributed by atoms with Gasteiger partial charge in [-0.2, -0.15) is 0 Å². The van der Waals surface area contributed by atoms with Crippen molar-refractivity contribution >= 4 is 5.69 Å². The number of benzene rings is 1. The molecule has 0 aliphatic carbocycles. The van der Waals surface area contributed by atoms with Crippen LogP contribution in [-0.4, -0.2) is 25.3 Å². The Morgan fingerprint density at radius 3 is 2.32 bits per heavy atom. The average Bonchev–Trinajstić information content (AvgIpc) is 2.40. The number of anilines is 1. The molecule has 0 radical (unpaired) electrons. The fourth-order valence-corrected chi connectivity index (χ4v) is 2.80. The van der Waals surface area contributed by atoms with Crippen molar-refractivity contribution in [3.8, 4) is 0 Å².